The second kappa shape index (κ2) is 6.15. The van der Waals surface area contributed by atoms with Gasteiger partial charge in [0.05, 0.1) is 5.25 Å². The number of sulfone groups is 1. The first-order valence-electron chi connectivity index (χ1n) is 8.04. The molecule has 3 rings (SSSR count). The van der Waals surface area contributed by atoms with Crippen molar-refractivity contribution in [3.8, 4) is 5.75 Å². The normalized spacial score (nSPS) is 27.0. The lowest BCUT2D eigenvalue weighted by Crippen LogP contribution is -2.51. The van der Waals surface area contributed by atoms with Crippen molar-refractivity contribution in [2.24, 2.45) is 0 Å². The van der Waals surface area contributed by atoms with E-state index in [1.165, 1.54) is 6.26 Å². The van der Waals surface area contributed by atoms with Crippen molar-refractivity contribution in [3.63, 3.8) is 0 Å². The van der Waals surface area contributed by atoms with E-state index in [-0.39, 0.29) is 29.8 Å². The zero-order valence-electron chi connectivity index (χ0n) is 13.6. The maximum Gasteiger partial charge on any atom is 0.261 e. The molecule has 0 N–H and O–H groups in total. The molecule has 2 saturated heterocycles. The van der Waals surface area contributed by atoms with Crippen LogP contribution in [0.2, 0.25) is 0 Å². The largest absolute Gasteiger partial charge is 0.484 e. The molecule has 2 unspecified atom stereocenters. The fourth-order valence-electron chi connectivity index (χ4n) is 3.81. The number of carbonyl (C=O) groups is 1. The van der Waals surface area contributed by atoms with Crippen LogP contribution in [0.4, 0.5) is 0 Å². The van der Waals surface area contributed by atoms with Gasteiger partial charge in [-0.2, -0.15) is 0 Å². The first-order valence-corrected chi connectivity index (χ1v) is 9.99. The maximum absolute atomic E-state index is 12.5. The summed E-state index contributed by atoms with van der Waals surface area (Å²) in [5, 5.41) is -0.304. The molecule has 1 amide bonds. The highest BCUT2D eigenvalue weighted by Gasteiger charge is 2.45. The van der Waals surface area contributed by atoms with Gasteiger partial charge in [0.1, 0.15) is 15.6 Å². The smallest absolute Gasteiger partial charge is 0.261 e. The Morgan fingerprint density at radius 1 is 1.26 bits per heavy atom. The van der Waals surface area contributed by atoms with Crippen LogP contribution in [-0.2, 0) is 14.6 Å². The van der Waals surface area contributed by atoms with Crippen LogP contribution in [-0.4, -0.2) is 49.4 Å². The van der Waals surface area contributed by atoms with Gasteiger partial charge in [0, 0.05) is 18.3 Å². The predicted molar refractivity (Wildman–Crippen MR) is 88.2 cm³/mol. The van der Waals surface area contributed by atoms with Gasteiger partial charge in [-0.3, -0.25) is 4.79 Å². The monoisotopic (exact) mass is 337 g/mol. The summed E-state index contributed by atoms with van der Waals surface area (Å²) in [7, 11) is -3.03. The standard InChI is InChI=1S/C17H23NO4S/c1-12-4-3-5-15(8-12)22-11-17(19)18-13-6-7-14(18)10-16(9-13)23(2,20)21/h3-5,8,13-14,16H,6-7,9-11H2,1-2H3. The number of nitrogens with zero attached hydrogens (tertiary/aromatic N) is 1. The van der Waals surface area contributed by atoms with Crippen molar-refractivity contribution >= 4 is 15.7 Å². The van der Waals surface area contributed by atoms with Gasteiger partial charge < -0.3 is 9.64 Å². The molecule has 2 fully saturated rings. The van der Waals surface area contributed by atoms with Crippen molar-refractivity contribution < 1.29 is 17.9 Å². The van der Waals surface area contributed by atoms with Crippen LogP contribution in [0.1, 0.15) is 31.2 Å². The average molecular weight is 337 g/mol. The molecule has 2 bridgehead atoms. The second-order valence-electron chi connectivity index (χ2n) is 6.71. The third-order valence-electron chi connectivity index (χ3n) is 4.94. The van der Waals surface area contributed by atoms with Crippen molar-refractivity contribution in [1.82, 2.24) is 4.90 Å². The molecule has 126 valence electrons. The first-order chi connectivity index (χ1) is 10.8. The van der Waals surface area contributed by atoms with E-state index in [1.54, 1.807) is 0 Å². The van der Waals surface area contributed by atoms with Crippen LogP contribution >= 0.6 is 0 Å². The minimum atomic E-state index is -3.03. The third kappa shape index (κ3) is 3.52. The molecule has 0 aliphatic carbocycles. The number of aryl methyl sites for hydroxylation is 1. The summed E-state index contributed by atoms with van der Waals surface area (Å²) >= 11 is 0. The van der Waals surface area contributed by atoms with Gasteiger partial charge in [0.25, 0.3) is 5.91 Å². The average Bonchev–Trinajstić information content (AvgIpc) is 2.73. The molecule has 23 heavy (non-hydrogen) atoms. The summed E-state index contributed by atoms with van der Waals surface area (Å²) in [6.45, 7) is 1.99. The number of piperidine rings is 1. The second-order valence-corrected chi connectivity index (χ2v) is 9.04. The van der Waals surface area contributed by atoms with Crippen LogP contribution in [0, 0.1) is 6.92 Å². The minimum absolute atomic E-state index is 0.0139. The van der Waals surface area contributed by atoms with E-state index >= 15 is 0 Å². The number of fused-ring (bicyclic) bond motifs is 2. The topological polar surface area (TPSA) is 63.7 Å². The summed E-state index contributed by atoms with van der Waals surface area (Å²) in [6.07, 6.45) is 4.21. The lowest BCUT2D eigenvalue weighted by atomic mass is 10.0. The quantitative estimate of drug-likeness (QED) is 0.842. The third-order valence-corrected chi connectivity index (χ3v) is 6.53. The lowest BCUT2D eigenvalue weighted by Gasteiger charge is -2.38. The molecule has 2 aliphatic rings. The van der Waals surface area contributed by atoms with Gasteiger partial charge in [0.2, 0.25) is 0 Å². The summed E-state index contributed by atoms with van der Waals surface area (Å²) < 4.78 is 29.2. The Labute approximate surface area is 137 Å². The molecule has 2 heterocycles. The van der Waals surface area contributed by atoms with Gasteiger partial charge in [-0.05, 0) is 50.3 Å². The predicted octanol–water partition coefficient (Wildman–Crippen LogP) is 1.94. The Morgan fingerprint density at radius 3 is 2.48 bits per heavy atom. The summed E-state index contributed by atoms with van der Waals surface area (Å²) in [5.74, 6) is 0.655. The van der Waals surface area contributed by atoms with E-state index in [1.807, 2.05) is 36.1 Å². The van der Waals surface area contributed by atoms with Gasteiger partial charge >= 0.3 is 0 Å². The molecule has 1 aromatic rings. The van der Waals surface area contributed by atoms with Crippen LogP contribution in [0.15, 0.2) is 24.3 Å². The zero-order chi connectivity index (χ0) is 16.6. The number of amides is 1. The molecule has 0 aromatic heterocycles. The van der Waals surface area contributed by atoms with E-state index in [0.717, 1.165) is 18.4 Å². The Hall–Kier alpha value is -1.56. The van der Waals surface area contributed by atoms with Crippen LogP contribution in [0.25, 0.3) is 0 Å². The summed E-state index contributed by atoms with van der Waals surface area (Å²) in [5.41, 5.74) is 1.09. The fraction of sp³-hybridized carbons (Fsp3) is 0.588. The van der Waals surface area contributed by atoms with Crippen LogP contribution < -0.4 is 4.74 Å². The molecule has 5 nitrogen and oxygen atoms in total. The van der Waals surface area contributed by atoms with Crippen molar-refractivity contribution in [2.45, 2.75) is 49.9 Å². The SMILES string of the molecule is Cc1cccc(OCC(=O)N2C3CCC2CC(S(C)(=O)=O)C3)c1. The molecular weight excluding hydrogens is 314 g/mol. The number of ether oxygens (including phenoxy) is 1. The molecule has 6 heteroatoms. The number of carbonyl (C=O) groups excluding carboxylic acids is 1. The van der Waals surface area contributed by atoms with E-state index in [2.05, 4.69) is 0 Å². The highest BCUT2D eigenvalue weighted by molar-refractivity contribution is 7.91. The molecular formula is C17H23NO4S. The number of rotatable bonds is 4. The molecule has 2 atom stereocenters. The Bertz CT molecular complexity index is 686. The van der Waals surface area contributed by atoms with Crippen LogP contribution in [0.5, 0.6) is 5.75 Å². The van der Waals surface area contributed by atoms with Crippen molar-refractivity contribution in [2.75, 3.05) is 12.9 Å². The molecule has 0 radical (unpaired) electrons. The number of benzene rings is 1. The van der Waals surface area contributed by atoms with E-state index in [9.17, 15) is 13.2 Å². The Morgan fingerprint density at radius 2 is 1.91 bits per heavy atom. The highest BCUT2D eigenvalue weighted by Crippen LogP contribution is 2.38. The van der Waals surface area contributed by atoms with Crippen molar-refractivity contribution in [1.29, 1.82) is 0 Å². The Balaban J connectivity index is 1.63. The minimum Gasteiger partial charge on any atom is -0.484 e. The summed E-state index contributed by atoms with van der Waals surface area (Å²) in [6, 6.07) is 7.70. The molecule has 0 spiro atoms. The number of hydrogen-bond acceptors (Lipinski definition) is 4. The van der Waals surface area contributed by atoms with Crippen LogP contribution in [0.3, 0.4) is 0 Å². The lowest BCUT2D eigenvalue weighted by molar-refractivity contribution is -0.137. The van der Waals surface area contributed by atoms with E-state index < -0.39 is 9.84 Å². The molecule has 1 aromatic carbocycles. The summed E-state index contributed by atoms with van der Waals surface area (Å²) in [4.78, 5) is 14.4. The van der Waals surface area contributed by atoms with Gasteiger partial charge in [-0.1, -0.05) is 12.1 Å². The molecule has 0 saturated carbocycles. The zero-order valence-corrected chi connectivity index (χ0v) is 14.4. The van der Waals surface area contributed by atoms with E-state index in [0.29, 0.717) is 18.6 Å². The fourth-order valence-corrected chi connectivity index (χ4v) is 4.95. The maximum atomic E-state index is 12.5. The van der Waals surface area contributed by atoms with Gasteiger partial charge in [-0.25, -0.2) is 8.42 Å². The van der Waals surface area contributed by atoms with Gasteiger partial charge in [0.15, 0.2) is 6.61 Å². The van der Waals surface area contributed by atoms with Gasteiger partial charge in [-0.15, -0.1) is 0 Å². The first kappa shape index (κ1) is 16.3. The van der Waals surface area contributed by atoms with E-state index in [4.69, 9.17) is 4.74 Å². The Kier molecular flexibility index (Phi) is 4.36. The highest BCUT2D eigenvalue weighted by atomic mass is 32.2. The van der Waals surface area contributed by atoms with Crippen molar-refractivity contribution in [3.05, 3.63) is 29.8 Å². The molecule has 2 aliphatic heterocycles. The number of hydrogen-bond donors (Lipinski definition) is 0.